The Hall–Kier alpha value is -4.52. The smallest absolute Gasteiger partial charge is 0.290 e. The van der Waals surface area contributed by atoms with E-state index in [0.29, 0.717) is 28.7 Å². The molecular formula is C28H23NO6. The number of amides is 1. The van der Waals surface area contributed by atoms with E-state index in [9.17, 15) is 19.8 Å². The highest BCUT2D eigenvalue weighted by Crippen LogP contribution is 2.40. The van der Waals surface area contributed by atoms with Crippen LogP contribution in [0.15, 0.2) is 94.6 Å². The largest absolute Gasteiger partial charge is 0.508 e. The van der Waals surface area contributed by atoms with Gasteiger partial charge in [-0.05, 0) is 41.8 Å². The summed E-state index contributed by atoms with van der Waals surface area (Å²) in [5, 5.41) is 21.3. The lowest BCUT2D eigenvalue weighted by molar-refractivity contribution is -0.129. The lowest BCUT2D eigenvalue weighted by atomic mass is 9.94. The van der Waals surface area contributed by atoms with E-state index in [1.807, 2.05) is 30.3 Å². The molecule has 0 aliphatic carbocycles. The van der Waals surface area contributed by atoms with Crippen molar-refractivity contribution in [2.75, 3.05) is 13.7 Å². The highest BCUT2D eigenvalue weighted by Gasteiger charge is 2.44. The van der Waals surface area contributed by atoms with Crippen molar-refractivity contribution in [3.63, 3.8) is 0 Å². The number of ketones is 1. The fraction of sp³-hybridized carbons (Fsp3) is 0.143. The zero-order chi connectivity index (χ0) is 24.5. The number of aliphatic hydroxyl groups is 1. The zero-order valence-electron chi connectivity index (χ0n) is 19.0. The molecule has 2 N–H and O–H groups in total. The predicted molar refractivity (Wildman–Crippen MR) is 129 cm³/mol. The highest BCUT2D eigenvalue weighted by atomic mass is 16.5. The molecule has 0 saturated carbocycles. The fourth-order valence-electron chi connectivity index (χ4n) is 4.46. The standard InChI is InChI=1S/C28H23NO6/c1-34-21-9-5-8-19-16-22(35-27(19)21)25(31)23-24(18-10-12-20(30)13-11-18)29(28(33)26(23)32)15-14-17-6-3-2-4-7-17/h2-13,16,24,30,32H,14-15H2,1H3. The molecular weight excluding hydrogens is 446 g/mol. The molecule has 1 amide bonds. The van der Waals surface area contributed by atoms with E-state index in [0.717, 1.165) is 5.56 Å². The van der Waals surface area contributed by atoms with Gasteiger partial charge in [0.2, 0.25) is 5.78 Å². The minimum absolute atomic E-state index is 0.00691. The Morgan fingerprint density at radius 1 is 1.00 bits per heavy atom. The molecule has 0 fully saturated rings. The van der Waals surface area contributed by atoms with Crippen LogP contribution in [0.2, 0.25) is 0 Å². The van der Waals surface area contributed by atoms with Crippen molar-refractivity contribution in [1.82, 2.24) is 4.90 Å². The Labute approximate surface area is 201 Å². The summed E-state index contributed by atoms with van der Waals surface area (Å²) in [4.78, 5) is 28.3. The average Bonchev–Trinajstić information content (AvgIpc) is 3.43. The molecule has 1 aliphatic heterocycles. The Morgan fingerprint density at radius 2 is 1.74 bits per heavy atom. The number of ether oxygens (including phenoxy) is 1. The number of phenolic OH excluding ortho intramolecular Hbond substituents is 1. The Bertz CT molecular complexity index is 1440. The average molecular weight is 469 g/mol. The molecule has 35 heavy (non-hydrogen) atoms. The van der Waals surface area contributed by atoms with E-state index in [1.54, 1.807) is 36.4 Å². The summed E-state index contributed by atoms with van der Waals surface area (Å²) in [5.41, 5.74) is 1.95. The van der Waals surface area contributed by atoms with Crippen LogP contribution in [-0.2, 0) is 11.2 Å². The number of rotatable bonds is 7. The molecule has 1 aliphatic rings. The quantitative estimate of drug-likeness (QED) is 0.371. The van der Waals surface area contributed by atoms with Crippen LogP contribution in [0.5, 0.6) is 11.5 Å². The van der Waals surface area contributed by atoms with Crippen molar-refractivity contribution < 1.29 is 29.0 Å². The molecule has 3 aromatic carbocycles. The lowest BCUT2D eigenvalue weighted by Gasteiger charge is -2.26. The maximum atomic E-state index is 13.7. The number of phenols is 1. The third-order valence-corrected chi connectivity index (χ3v) is 6.19. The normalized spacial score (nSPS) is 15.7. The van der Waals surface area contributed by atoms with E-state index in [-0.39, 0.29) is 23.6 Å². The van der Waals surface area contributed by atoms with Crippen LogP contribution in [0, 0.1) is 0 Å². The van der Waals surface area contributed by atoms with Gasteiger partial charge < -0.3 is 24.3 Å². The molecule has 5 rings (SSSR count). The summed E-state index contributed by atoms with van der Waals surface area (Å²) in [7, 11) is 1.51. The summed E-state index contributed by atoms with van der Waals surface area (Å²) in [6.07, 6.45) is 0.539. The molecule has 2 heterocycles. The summed E-state index contributed by atoms with van der Waals surface area (Å²) in [6.45, 7) is 0.281. The van der Waals surface area contributed by atoms with E-state index < -0.39 is 23.5 Å². The van der Waals surface area contributed by atoms with E-state index in [2.05, 4.69) is 0 Å². The number of aromatic hydroxyl groups is 1. The number of carbonyl (C=O) groups excluding carboxylic acids is 2. The monoisotopic (exact) mass is 469 g/mol. The Balaban J connectivity index is 1.55. The summed E-state index contributed by atoms with van der Waals surface area (Å²) >= 11 is 0. The fourth-order valence-corrected chi connectivity index (χ4v) is 4.46. The molecule has 7 nitrogen and oxygen atoms in total. The summed E-state index contributed by atoms with van der Waals surface area (Å²) in [5.74, 6) is -1.30. The van der Waals surface area contributed by atoms with Gasteiger partial charge in [-0.15, -0.1) is 0 Å². The topological polar surface area (TPSA) is 100 Å². The molecule has 0 spiro atoms. The number of hydrogen-bond donors (Lipinski definition) is 2. The summed E-state index contributed by atoms with van der Waals surface area (Å²) in [6, 6.07) is 21.9. The van der Waals surface area contributed by atoms with Crippen LogP contribution in [0.25, 0.3) is 11.0 Å². The van der Waals surface area contributed by atoms with Crippen LogP contribution >= 0.6 is 0 Å². The number of para-hydroxylation sites is 1. The molecule has 0 radical (unpaired) electrons. The molecule has 4 aromatic rings. The number of fused-ring (bicyclic) bond motifs is 1. The van der Waals surface area contributed by atoms with E-state index in [1.165, 1.54) is 24.1 Å². The van der Waals surface area contributed by atoms with Gasteiger partial charge in [0.05, 0.1) is 18.7 Å². The molecule has 0 bridgehead atoms. The van der Waals surface area contributed by atoms with Crippen LogP contribution < -0.4 is 4.74 Å². The second kappa shape index (κ2) is 9.02. The number of furan rings is 1. The first-order valence-electron chi connectivity index (χ1n) is 11.2. The third-order valence-electron chi connectivity index (χ3n) is 6.19. The molecule has 1 aromatic heterocycles. The zero-order valence-corrected chi connectivity index (χ0v) is 19.0. The van der Waals surface area contributed by atoms with Crippen LogP contribution in [0.4, 0.5) is 0 Å². The lowest BCUT2D eigenvalue weighted by Crippen LogP contribution is -2.33. The molecule has 1 atom stereocenters. The molecule has 1 unspecified atom stereocenters. The van der Waals surface area contributed by atoms with Crippen molar-refractivity contribution in [3.05, 3.63) is 107 Å². The number of hydrogen-bond acceptors (Lipinski definition) is 6. The van der Waals surface area contributed by atoms with E-state index in [4.69, 9.17) is 9.15 Å². The second-order valence-electron chi connectivity index (χ2n) is 8.31. The minimum Gasteiger partial charge on any atom is -0.508 e. The van der Waals surface area contributed by atoms with Crippen LogP contribution in [0.1, 0.15) is 27.7 Å². The summed E-state index contributed by atoms with van der Waals surface area (Å²) < 4.78 is 11.2. The van der Waals surface area contributed by atoms with Crippen molar-refractivity contribution >= 4 is 22.7 Å². The van der Waals surface area contributed by atoms with Crippen LogP contribution in [0.3, 0.4) is 0 Å². The van der Waals surface area contributed by atoms with Gasteiger partial charge in [-0.25, -0.2) is 0 Å². The van der Waals surface area contributed by atoms with Gasteiger partial charge in [0.15, 0.2) is 22.9 Å². The number of aliphatic hydroxyl groups excluding tert-OH is 1. The highest BCUT2D eigenvalue weighted by molar-refractivity contribution is 6.16. The van der Waals surface area contributed by atoms with Gasteiger partial charge in [-0.2, -0.15) is 0 Å². The van der Waals surface area contributed by atoms with E-state index >= 15 is 0 Å². The number of carbonyl (C=O) groups is 2. The first kappa shape index (κ1) is 22.3. The van der Waals surface area contributed by atoms with Crippen molar-refractivity contribution in [1.29, 1.82) is 0 Å². The molecule has 0 saturated heterocycles. The first-order valence-corrected chi connectivity index (χ1v) is 11.2. The van der Waals surface area contributed by atoms with Gasteiger partial charge >= 0.3 is 0 Å². The van der Waals surface area contributed by atoms with Gasteiger partial charge in [0, 0.05) is 11.9 Å². The van der Waals surface area contributed by atoms with Crippen LogP contribution in [-0.4, -0.2) is 40.5 Å². The third kappa shape index (κ3) is 4.01. The van der Waals surface area contributed by atoms with Crippen molar-refractivity contribution in [3.8, 4) is 11.5 Å². The predicted octanol–water partition coefficient (Wildman–Crippen LogP) is 4.97. The van der Waals surface area contributed by atoms with Crippen molar-refractivity contribution in [2.24, 2.45) is 0 Å². The minimum atomic E-state index is -0.838. The van der Waals surface area contributed by atoms with Gasteiger partial charge in [0.25, 0.3) is 5.91 Å². The maximum Gasteiger partial charge on any atom is 0.290 e. The number of Topliss-reactive ketones (excluding diaryl/α,β-unsaturated/α-hetero) is 1. The Morgan fingerprint density at radius 3 is 2.46 bits per heavy atom. The number of nitrogens with zero attached hydrogens (tertiary/aromatic N) is 1. The molecule has 176 valence electrons. The Kier molecular flexibility index (Phi) is 5.74. The molecule has 7 heteroatoms. The van der Waals surface area contributed by atoms with Gasteiger partial charge in [-0.1, -0.05) is 54.6 Å². The van der Waals surface area contributed by atoms with Gasteiger partial charge in [0.1, 0.15) is 5.75 Å². The van der Waals surface area contributed by atoms with Gasteiger partial charge in [-0.3, -0.25) is 9.59 Å². The SMILES string of the molecule is COc1cccc2cc(C(=O)C3=C(O)C(=O)N(CCc4ccccc4)C3c3ccc(O)cc3)oc12. The maximum absolute atomic E-state index is 13.7. The number of benzene rings is 3. The first-order chi connectivity index (χ1) is 17.0. The second-order valence-corrected chi connectivity index (χ2v) is 8.31. The number of methoxy groups -OCH3 is 1. The van der Waals surface area contributed by atoms with Crippen molar-refractivity contribution in [2.45, 2.75) is 12.5 Å².